The van der Waals surface area contributed by atoms with Gasteiger partial charge < -0.3 is 40.7 Å². The van der Waals surface area contributed by atoms with Crippen LogP contribution in [0, 0.1) is 16.0 Å². The summed E-state index contributed by atoms with van der Waals surface area (Å²) in [6.07, 6.45) is -0.0278. The first-order valence-electron chi connectivity index (χ1n) is 21.0. The van der Waals surface area contributed by atoms with Crippen molar-refractivity contribution in [2.24, 2.45) is 11.7 Å². The number of nitro groups is 1. The van der Waals surface area contributed by atoms with E-state index < -0.39 is 94.4 Å². The van der Waals surface area contributed by atoms with Crippen LogP contribution in [0.5, 0.6) is 5.75 Å². The van der Waals surface area contributed by atoms with Gasteiger partial charge in [-0.3, -0.25) is 39.1 Å². The van der Waals surface area contributed by atoms with Gasteiger partial charge in [-0.2, -0.15) is 0 Å². The predicted molar refractivity (Wildman–Crippen MR) is 231 cm³/mol. The number of esters is 1. The molecule has 5 amide bonds. The van der Waals surface area contributed by atoms with E-state index >= 15 is 9.59 Å². The smallest absolute Gasteiger partial charge is 0.410 e. The number of hydrogen-bond acceptors (Lipinski definition) is 14. The molecule has 0 radical (unpaired) electrons. The number of aromatic nitrogens is 2. The molecule has 20 nitrogen and oxygen atoms in total. The largest absolute Gasteiger partial charge is 0.497 e. The molecule has 64 heavy (non-hydrogen) atoms. The van der Waals surface area contributed by atoms with Gasteiger partial charge in [0.15, 0.2) is 5.54 Å². The zero-order valence-corrected chi connectivity index (χ0v) is 37.5. The van der Waals surface area contributed by atoms with Crippen LogP contribution >= 0.6 is 0 Å². The second-order valence-electron chi connectivity index (χ2n) is 16.8. The Morgan fingerprint density at radius 1 is 1.05 bits per heavy atom. The second-order valence-corrected chi connectivity index (χ2v) is 16.8. The summed E-state index contributed by atoms with van der Waals surface area (Å²) in [4.78, 5) is 106. The number of H-pyrrole nitrogens is 1. The summed E-state index contributed by atoms with van der Waals surface area (Å²) in [6.45, 7) is 10.1. The van der Waals surface area contributed by atoms with Gasteiger partial charge in [-0.1, -0.05) is 50.6 Å². The number of likely N-dealkylation sites (tertiary alicyclic amines) is 1. The molecule has 20 heteroatoms. The summed E-state index contributed by atoms with van der Waals surface area (Å²) in [6, 6.07) is 6.70. The molecule has 1 saturated heterocycles. The minimum absolute atomic E-state index is 0.133. The molecule has 0 saturated carbocycles. The fourth-order valence-electron chi connectivity index (χ4n) is 7.73. The number of nitrogens with two attached hydrogens (primary N) is 1. The van der Waals surface area contributed by atoms with Crippen LogP contribution in [0.3, 0.4) is 0 Å². The van der Waals surface area contributed by atoms with Crippen LogP contribution < -0.4 is 21.1 Å². The van der Waals surface area contributed by atoms with Crippen molar-refractivity contribution in [1.29, 1.82) is 0 Å². The number of nitro benzene ring substituents is 1. The molecule has 2 aromatic carbocycles. The first-order chi connectivity index (χ1) is 30.2. The van der Waals surface area contributed by atoms with Crippen LogP contribution in [0.2, 0.25) is 0 Å². The van der Waals surface area contributed by atoms with Crippen molar-refractivity contribution < 1.29 is 53.0 Å². The van der Waals surface area contributed by atoms with Crippen molar-refractivity contribution in [1.82, 2.24) is 30.4 Å². The number of hydrogen-bond donors (Lipinski definition) is 5. The zero-order valence-electron chi connectivity index (χ0n) is 37.5. The Kier molecular flexibility index (Phi) is 17.1. The number of carbonyl (C=O) groups is 6. The van der Waals surface area contributed by atoms with E-state index in [0.717, 1.165) is 7.11 Å². The molecule has 1 fully saturated rings. The Bertz CT molecular complexity index is 2130. The van der Waals surface area contributed by atoms with Crippen molar-refractivity contribution in [2.75, 3.05) is 20.8 Å². The number of rotatable bonds is 19. The topological polar surface area (TPSA) is 279 Å². The van der Waals surface area contributed by atoms with Crippen LogP contribution in [-0.4, -0.2) is 122 Å². The van der Waals surface area contributed by atoms with Gasteiger partial charge in [-0.15, -0.1) is 0 Å². The van der Waals surface area contributed by atoms with E-state index in [0.29, 0.717) is 29.2 Å². The molecule has 6 N–H and O–H groups in total. The van der Waals surface area contributed by atoms with Gasteiger partial charge in [-0.25, -0.2) is 14.6 Å². The van der Waals surface area contributed by atoms with E-state index in [4.69, 9.17) is 19.9 Å². The average molecular weight is 893 g/mol. The third-order valence-electron chi connectivity index (χ3n) is 11.2. The van der Waals surface area contributed by atoms with Crippen molar-refractivity contribution in [2.45, 2.75) is 121 Å². The molecule has 348 valence electrons. The Morgan fingerprint density at radius 2 is 1.72 bits per heavy atom. The fourth-order valence-corrected chi connectivity index (χ4v) is 7.73. The molecule has 2 heterocycles. The van der Waals surface area contributed by atoms with Crippen LogP contribution in [0.4, 0.5) is 10.5 Å². The normalized spacial score (nSPS) is 17.1. The number of imidazole rings is 1. The number of imide groups is 1. The Hall–Kier alpha value is -6.41. The monoisotopic (exact) mass is 892 g/mol. The molecule has 4 rings (SSSR count). The van der Waals surface area contributed by atoms with E-state index in [1.807, 2.05) is 0 Å². The summed E-state index contributed by atoms with van der Waals surface area (Å²) in [5, 5.41) is 28.5. The van der Waals surface area contributed by atoms with E-state index in [1.54, 1.807) is 40.7 Å². The lowest BCUT2D eigenvalue weighted by Gasteiger charge is -2.45. The van der Waals surface area contributed by atoms with Gasteiger partial charge in [0.2, 0.25) is 17.7 Å². The van der Waals surface area contributed by atoms with Crippen LogP contribution in [0.1, 0.15) is 84.0 Å². The first kappa shape index (κ1) is 50.2. The molecule has 1 aliphatic heterocycles. The summed E-state index contributed by atoms with van der Waals surface area (Å²) < 4.78 is 16.2. The highest BCUT2D eigenvalue weighted by molar-refractivity contribution is 6.05. The molecule has 0 spiro atoms. The highest BCUT2D eigenvalue weighted by atomic mass is 16.6. The van der Waals surface area contributed by atoms with Gasteiger partial charge in [0.05, 0.1) is 38.0 Å². The maximum atomic E-state index is 15.5. The minimum atomic E-state index is -2.24. The lowest BCUT2D eigenvalue weighted by Crippen LogP contribution is -2.65. The SMILES string of the molecule is CCC(C)[C@](C(=O)OC)(c1ccc(OC)cc1)N(C(=O)CC(O)[C@@H](N)Cc1ccccc1[N+](=O)[O-])C(=O)[C@H](Cc1cnc[nH]1)NC(=O)C(C)NC(=O)[C@@H]1CCCN1C(=O)OC(C)(C)C. The third kappa shape index (κ3) is 11.8. The highest BCUT2D eigenvalue weighted by Gasteiger charge is 2.56. The number of nitrogens with one attached hydrogen (secondary N) is 3. The van der Waals surface area contributed by atoms with Crippen LogP contribution in [0.25, 0.3) is 0 Å². The van der Waals surface area contributed by atoms with Gasteiger partial charge in [-0.05, 0) is 70.6 Å². The number of para-hydroxylation sites is 1. The fraction of sp³-hybridized carbons (Fsp3) is 0.523. The maximum Gasteiger partial charge on any atom is 0.410 e. The molecule has 1 aromatic heterocycles. The molecule has 3 unspecified atom stereocenters. The summed E-state index contributed by atoms with van der Waals surface area (Å²) in [5.74, 6) is -5.19. The quantitative estimate of drug-likeness (QED) is 0.0658. The van der Waals surface area contributed by atoms with Crippen molar-refractivity contribution in [3.05, 3.63) is 88.0 Å². The Balaban J connectivity index is 1.78. The predicted octanol–water partition coefficient (Wildman–Crippen LogP) is 3.05. The maximum absolute atomic E-state index is 15.5. The number of ether oxygens (including phenoxy) is 3. The van der Waals surface area contributed by atoms with E-state index in [9.17, 15) is 34.4 Å². The van der Waals surface area contributed by atoms with E-state index in [1.165, 1.54) is 73.9 Å². The Labute approximate surface area is 371 Å². The lowest BCUT2D eigenvalue weighted by molar-refractivity contribution is -0.385. The van der Waals surface area contributed by atoms with Crippen molar-refractivity contribution >= 4 is 41.4 Å². The number of nitrogens with zero attached hydrogens (tertiary/aromatic N) is 4. The summed E-state index contributed by atoms with van der Waals surface area (Å²) >= 11 is 0. The molecule has 7 atom stereocenters. The van der Waals surface area contributed by atoms with Crippen molar-refractivity contribution in [3.63, 3.8) is 0 Å². The molecule has 3 aromatic rings. The van der Waals surface area contributed by atoms with E-state index in [-0.39, 0.29) is 42.6 Å². The number of aliphatic hydroxyl groups excluding tert-OH is 1. The molecular formula is C44H60N8O12. The number of aliphatic hydroxyl groups is 1. The number of carbonyl (C=O) groups excluding carboxylic acids is 6. The van der Waals surface area contributed by atoms with Crippen molar-refractivity contribution in [3.8, 4) is 5.75 Å². The standard InChI is InChI=1S/C44H60N8O12/c1-9-26(2)44(41(58)63-8,29-16-18-31(62-7)19-17-29)51(37(54)23-36(53)32(45)21-28-13-10-11-14-34(28)52(60)61)40(57)33(22-30-24-46-25-47-30)49-38(55)27(3)48-39(56)35-15-12-20-50(35)42(59)64-43(4,5)6/h10-11,13-14,16-19,24-27,32-33,35-36,53H,9,12,15,20-23,45H2,1-8H3,(H,46,47)(H,48,56)(H,49,55)/t26?,27?,32-,33-,35-,36?,44+/m0/s1. The lowest BCUT2D eigenvalue weighted by atomic mass is 9.75. The summed E-state index contributed by atoms with van der Waals surface area (Å²) in [5.41, 5.74) is 3.74. The molecule has 1 aliphatic rings. The third-order valence-corrected chi connectivity index (χ3v) is 11.2. The number of benzene rings is 2. The average Bonchev–Trinajstić information content (AvgIpc) is 3.97. The second kappa shape index (κ2) is 21.8. The van der Waals surface area contributed by atoms with Gasteiger partial charge in [0.25, 0.3) is 11.6 Å². The summed E-state index contributed by atoms with van der Waals surface area (Å²) in [7, 11) is 2.53. The van der Waals surface area contributed by atoms with Gasteiger partial charge >= 0.3 is 12.1 Å². The van der Waals surface area contributed by atoms with Crippen LogP contribution in [-0.2, 0) is 51.8 Å². The molecule has 0 bridgehead atoms. The minimum Gasteiger partial charge on any atom is -0.497 e. The molecular weight excluding hydrogens is 833 g/mol. The highest BCUT2D eigenvalue weighted by Crippen LogP contribution is 2.41. The van der Waals surface area contributed by atoms with E-state index in [2.05, 4.69) is 20.6 Å². The van der Waals surface area contributed by atoms with Crippen LogP contribution in [0.15, 0.2) is 61.1 Å². The number of aromatic amines is 1. The zero-order chi connectivity index (χ0) is 47.5. The number of methoxy groups -OCH3 is 2. The molecule has 0 aliphatic carbocycles. The first-order valence-corrected chi connectivity index (χ1v) is 21.0. The van der Waals surface area contributed by atoms with Gasteiger partial charge in [0.1, 0.15) is 29.5 Å². The Morgan fingerprint density at radius 3 is 2.30 bits per heavy atom. The van der Waals surface area contributed by atoms with Gasteiger partial charge in [0, 0.05) is 42.5 Å². The number of amides is 5.